The number of terminal acetylenes is 1. The summed E-state index contributed by atoms with van der Waals surface area (Å²) in [4.78, 5) is 0. The smallest absolute Gasteiger partial charge is 0.0454 e. The van der Waals surface area contributed by atoms with Crippen LogP contribution in [0.15, 0.2) is 22.7 Å². The van der Waals surface area contributed by atoms with Crippen LogP contribution >= 0.6 is 27.5 Å². The zero-order valence-electron chi connectivity index (χ0n) is 7.85. The molecule has 0 amide bonds. The molecule has 1 aromatic carbocycles. The molecular formula is C11H11BrClN. The van der Waals surface area contributed by atoms with Gasteiger partial charge in [-0.25, -0.2) is 0 Å². The lowest BCUT2D eigenvalue weighted by atomic mass is 10.0. The average Bonchev–Trinajstić information content (AvgIpc) is 2.18. The van der Waals surface area contributed by atoms with E-state index in [-0.39, 0.29) is 6.04 Å². The minimum Gasteiger partial charge on any atom is -0.312 e. The Balaban J connectivity index is 3.03. The first-order valence-corrected chi connectivity index (χ1v) is 5.41. The Morgan fingerprint density at radius 2 is 2.36 bits per heavy atom. The summed E-state index contributed by atoms with van der Waals surface area (Å²) in [5.41, 5.74) is 1.03. The van der Waals surface area contributed by atoms with Crippen molar-refractivity contribution in [3.8, 4) is 12.3 Å². The minimum atomic E-state index is 0.116. The van der Waals surface area contributed by atoms with Crippen molar-refractivity contribution in [3.05, 3.63) is 33.3 Å². The summed E-state index contributed by atoms with van der Waals surface area (Å²) in [5.74, 6) is 2.63. The van der Waals surface area contributed by atoms with Gasteiger partial charge in [-0.3, -0.25) is 0 Å². The number of nitrogens with one attached hydrogen (secondary N) is 1. The van der Waals surface area contributed by atoms with Crippen LogP contribution in [0.3, 0.4) is 0 Å². The van der Waals surface area contributed by atoms with E-state index in [1.165, 1.54) is 0 Å². The molecule has 0 aliphatic heterocycles. The molecule has 1 unspecified atom stereocenters. The zero-order valence-corrected chi connectivity index (χ0v) is 10.2. The van der Waals surface area contributed by atoms with E-state index in [0.717, 1.165) is 15.1 Å². The van der Waals surface area contributed by atoms with Gasteiger partial charge in [0.2, 0.25) is 0 Å². The summed E-state index contributed by atoms with van der Waals surface area (Å²) in [5, 5.41) is 3.88. The fraction of sp³-hybridized carbons (Fsp3) is 0.273. The molecule has 1 nitrogen and oxygen atoms in total. The predicted molar refractivity (Wildman–Crippen MR) is 64.4 cm³/mol. The lowest BCUT2D eigenvalue weighted by molar-refractivity contribution is 0.611. The molecule has 0 radical (unpaired) electrons. The third-order valence-electron chi connectivity index (χ3n) is 2.00. The van der Waals surface area contributed by atoms with E-state index in [1.54, 1.807) is 0 Å². The standard InChI is InChI=1S/C11H11BrClN/c1-3-4-11(14-2)9-7-8(12)5-6-10(9)13/h1,5-7,11,14H,4H2,2H3. The molecule has 0 bridgehead atoms. The summed E-state index contributed by atoms with van der Waals surface area (Å²) in [6.45, 7) is 0. The molecular weight excluding hydrogens is 261 g/mol. The number of hydrogen-bond donors (Lipinski definition) is 1. The van der Waals surface area contributed by atoms with Crippen molar-refractivity contribution in [3.63, 3.8) is 0 Å². The van der Waals surface area contributed by atoms with Gasteiger partial charge in [-0.05, 0) is 30.8 Å². The van der Waals surface area contributed by atoms with Gasteiger partial charge in [0.05, 0.1) is 0 Å². The number of rotatable bonds is 3. The highest BCUT2D eigenvalue weighted by Gasteiger charge is 2.11. The largest absolute Gasteiger partial charge is 0.312 e. The van der Waals surface area contributed by atoms with Gasteiger partial charge in [-0.2, -0.15) is 0 Å². The summed E-state index contributed by atoms with van der Waals surface area (Å²) in [6.07, 6.45) is 5.92. The molecule has 0 saturated carbocycles. The fourth-order valence-corrected chi connectivity index (χ4v) is 1.90. The topological polar surface area (TPSA) is 12.0 Å². The van der Waals surface area contributed by atoms with Gasteiger partial charge >= 0.3 is 0 Å². The van der Waals surface area contributed by atoms with Crippen LogP contribution in [0.5, 0.6) is 0 Å². The van der Waals surface area contributed by atoms with E-state index in [2.05, 4.69) is 27.2 Å². The molecule has 0 aromatic heterocycles. The van der Waals surface area contributed by atoms with Crippen molar-refractivity contribution < 1.29 is 0 Å². The summed E-state index contributed by atoms with van der Waals surface area (Å²) < 4.78 is 1.01. The second kappa shape index (κ2) is 5.41. The van der Waals surface area contributed by atoms with E-state index in [9.17, 15) is 0 Å². The maximum absolute atomic E-state index is 6.08. The van der Waals surface area contributed by atoms with Gasteiger partial charge in [-0.15, -0.1) is 12.3 Å². The third-order valence-corrected chi connectivity index (χ3v) is 2.84. The molecule has 0 aliphatic rings. The second-order valence-corrected chi connectivity index (χ2v) is 4.24. The fourth-order valence-electron chi connectivity index (χ4n) is 1.27. The Kier molecular flexibility index (Phi) is 4.47. The van der Waals surface area contributed by atoms with Gasteiger partial charge in [0.1, 0.15) is 0 Å². The predicted octanol–water partition coefficient (Wildman–Crippen LogP) is 3.39. The van der Waals surface area contributed by atoms with E-state index >= 15 is 0 Å². The molecule has 0 aliphatic carbocycles. The summed E-state index contributed by atoms with van der Waals surface area (Å²) >= 11 is 9.48. The van der Waals surface area contributed by atoms with E-state index in [4.69, 9.17) is 18.0 Å². The molecule has 0 heterocycles. The van der Waals surface area contributed by atoms with Crippen LogP contribution in [-0.2, 0) is 0 Å². The Hall–Kier alpha value is -0.490. The number of benzene rings is 1. The Bertz CT molecular complexity index is 357. The zero-order chi connectivity index (χ0) is 10.6. The van der Waals surface area contributed by atoms with Crippen LogP contribution in [0.1, 0.15) is 18.0 Å². The highest BCUT2D eigenvalue weighted by Crippen LogP contribution is 2.27. The van der Waals surface area contributed by atoms with Crippen LogP contribution in [0.4, 0.5) is 0 Å². The molecule has 1 N–H and O–H groups in total. The van der Waals surface area contributed by atoms with Gasteiger partial charge in [-0.1, -0.05) is 27.5 Å². The average molecular weight is 273 g/mol. The molecule has 0 spiro atoms. The van der Waals surface area contributed by atoms with Crippen LogP contribution < -0.4 is 5.32 Å². The normalized spacial score (nSPS) is 12.1. The molecule has 0 fully saturated rings. The lowest BCUT2D eigenvalue weighted by Gasteiger charge is -2.15. The molecule has 14 heavy (non-hydrogen) atoms. The first-order valence-electron chi connectivity index (χ1n) is 4.24. The molecule has 0 saturated heterocycles. The molecule has 74 valence electrons. The van der Waals surface area contributed by atoms with Crippen LogP contribution in [0.2, 0.25) is 5.02 Å². The Labute approximate surface area is 98.0 Å². The van der Waals surface area contributed by atoms with Crippen molar-refractivity contribution in [1.29, 1.82) is 0 Å². The maximum Gasteiger partial charge on any atom is 0.0454 e. The van der Waals surface area contributed by atoms with E-state index in [1.807, 2.05) is 25.2 Å². The Morgan fingerprint density at radius 3 is 2.93 bits per heavy atom. The number of halogens is 2. The van der Waals surface area contributed by atoms with E-state index < -0.39 is 0 Å². The molecule has 1 rings (SSSR count). The first kappa shape index (κ1) is 11.6. The van der Waals surface area contributed by atoms with Crippen LogP contribution in [0.25, 0.3) is 0 Å². The first-order chi connectivity index (χ1) is 6.69. The quantitative estimate of drug-likeness (QED) is 0.832. The highest BCUT2D eigenvalue weighted by molar-refractivity contribution is 9.10. The summed E-state index contributed by atoms with van der Waals surface area (Å²) in [6, 6.07) is 5.88. The minimum absolute atomic E-state index is 0.116. The van der Waals surface area contributed by atoms with Crippen molar-refractivity contribution in [2.24, 2.45) is 0 Å². The van der Waals surface area contributed by atoms with Crippen molar-refractivity contribution in [2.75, 3.05) is 7.05 Å². The van der Waals surface area contributed by atoms with Crippen LogP contribution in [-0.4, -0.2) is 7.05 Å². The monoisotopic (exact) mass is 271 g/mol. The van der Waals surface area contributed by atoms with Crippen molar-refractivity contribution in [1.82, 2.24) is 5.32 Å². The van der Waals surface area contributed by atoms with Gasteiger partial charge in [0.15, 0.2) is 0 Å². The van der Waals surface area contributed by atoms with Gasteiger partial charge < -0.3 is 5.32 Å². The number of hydrogen-bond acceptors (Lipinski definition) is 1. The maximum atomic E-state index is 6.08. The van der Waals surface area contributed by atoms with Crippen molar-refractivity contribution in [2.45, 2.75) is 12.5 Å². The third kappa shape index (κ3) is 2.75. The molecule has 1 atom stereocenters. The van der Waals surface area contributed by atoms with Crippen molar-refractivity contribution >= 4 is 27.5 Å². The van der Waals surface area contributed by atoms with E-state index in [0.29, 0.717) is 6.42 Å². The SMILES string of the molecule is C#CCC(NC)c1cc(Br)ccc1Cl. The molecule has 1 aromatic rings. The second-order valence-electron chi connectivity index (χ2n) is 2.92. The van der Waals surface area contributed by atoms with Crippen LogP contribution in [0, 0.1) is 12.3 Å². The highest BCUT2D eigenvalue weighted by atomic mass is 79.9. The van der Waals surface area contributed by atoms with Gasteiger partial charge in [0.25, 0.3) is 0 Å². The summed E-state index contributed by atoms with van der Waals surface area (Å²) in [7, 11) is 1.87. The Morgan fingerprint density at radius 1 is 1.64 bits per heavy atom. The lowest BCUT2D eigenvalue weighted by Crippen LogP contribution is -2.16. The van der Waals surface area contributed by atoms with Gasteiger partial charge in [0, 0.05) is 22.0 Å². The molecule has 3 heteroatoms.